The molecule has 1 unspecified atom stereocenters. The Labute approximate surface area is 214 Å². The Morgan fingerprint density at radius 1 is 0.611 bits per heavy atom. The van der Waals surface area contributed by atoms with Gasteiger partial charge in [0.15, 0.2) is 0 Å². The lowest BCUT2D eigenvalue weighted by atomic mass is 9.96. The van der Waals surface area contributed by atoms with E-state index in [2.05, 4.69) is 82.6 Å². The van der Waals surface area contributed by atoms with Gasteiger partial charge in [-0.05, 0) is 34.4 Å². The highest BCUT2D eigenvalue weighted by Crippen LogP contribution is 2.30. The number of aliphatic hydroxyl groups is 1. The van der Waals surface area contributed by atoms with Crippen LogP contribution in [0.2, 0.25) is 0 Å². The molecule has 0 aromatic heterocycles. The molecule has 0 amide bonds. The third-order valence-electron chi connectivity index (χ3n) is 6.95. The summed E-state index contributed by atoms with van der Waals surface area (Å²) >= 11 is 0. The van der Waals surface area contributed by atoms with E-state index in [4.69, 9.17) is 4.74 Å². The number of rotatable bonds is 9. The third kappa shape index (κ3) is 6.21. The molecule has 0 aliphatic carbocycles. The first kappa shape index (κ1) is 24.3. The minimum Gasteiger partial charge on any atom is -0.489 e. The summed E-state index contributed by atoms with van der Waals surface area (Å²) in [5, 5.41) is 10.9. The van der Waals surface area contributed by atoms with Crippen LogP contribution >= 0.6 is 0 Å². The van der Waals surface area contributed by atoms with Crippen molar-refractivity contribution in [3.63, 3.8) is 0 Å². The van der Waals surface area contributed by atoms with Gasteiger partial charge in [0.1, 0.15) is 12.4 Å². The number of nitrogens with zero attached hydrogens (tertiary/aromatic N) is 2. The van der Waals surface area contributed by atoms with Crippen LogP contribution in [0.4, 0.5) is 0 Å². The Bertz CT molecular complexity index is 1140. The number of benzene rings is 4. The van der Waals surface area contributed by atoms with Crippen LogP contribution < -0.4 is 4.74 Å². The van der Waals surface area contributed by atoms with Crippen LogP contribution in [0.15, 0.2) is 115 Å². The quantitative estimate of drug-likeness (QED) is 0.334. The van der Waals surface area contributed by atoms with Gasteiger partial charge in [-0.15, -0.1) is 0 Å². The standard InChI is InChI=1S/C32H34N2O2/c35-31(27-16-18-30(19-17-27)36-25-26-10-4-1-5-11-26)24-33-20-22-34(23-21-33)32(28-12-6-2-7-13-28)29-14-8-3-9-15-29/h1-19,31-32,35H,20-25H2. The molecule has 184 valence electrons. The van der Waals surface area contributed by atoms with Crippen molar-refractivity contribution >= 4 is 0 Å². The average molecular weight is 479 g/mol. The first-order chi connectivity index (χ1) is 17.8. The first-order valence-electron chi connectivity index (χ1n) is 12.8. The summed E-state index contributed by atoms with van der Waals surface area (Å²) in [6.07, 6.45) is -0.515. The molecule has 1 aliphatic heterocycles. The molecule has 0 spiro atoms. The summed E-state index contributed by atoms with van der Waals surface area (Å²) in [6.45, 7) is 4.98. The van der Waals surface area contributed by atoms with Crippen LogP contribution in [0.1, 0.15) is 34.4 Å². The zero-order valence-electron chi connectivity index (χ0n) is 20.6. The average Bonchev–Trinajstić information content (AvgIpc) is 2.95. The maximum absolute atomic E-state index is 10.9. The smallest absolute Gasteiger partial charge is 0.119 e. The number of aliphatic hydroxyl groups excluding tert-OH is 1. The summed E-state index contributed by atoms with van der Waals surface area (Å²) < 4.78 is 5.89. The van der Waals surface area contributed by atoms with Gasteiger partial charge in [-0.1, -0.05) is 103 Å². The van der Waals surface area contributed by atoms with Crippen molar-refractivity contribution in [3.8, 4) is 5.75 Å². The van der Waals surface area contributed by atoms with Crippen LogP contribution in [0.5, 0.6) is 5.75 Å². The molecule has 1 heterocycles. The molecular formula is C32H34N2O2. The van der Waals surface area contributed by atoms with E-state index in [0.29, 0.717) is 13.2 Å². The van der Waals surface area contributed by atoms with E-state index in [0.717, 1.165) is 43.1 Å². The van der Waals surface area contributed by atoms with Gasteiger partial charge in [0, 0.05) is 32.7 Å². The van der Waals surface area contributed by atoms with Crippen LogP contribution in [-0.4, -0.2) is 47.6 Å². The predicted octanol–water partition coefficient (Wildman–Crippen LogP) is 5.71. The topological polar surface area (TPSA) is 35.9 Å². The van der Waals surface area contributed by atoms with Crippen molar-refractivity contribution in [2.75, 3.05) is 32.7 Å². The first-order valence-corrected chi connectivity index (χ1v) is 12.8. The molecule has 4 nitrogen and oxygen atoms in total. The number of hydrogen-bond acceptors (Lipinski definition) is 4. The van der Waals surface area contributed by atoms with Crippen molar-refractivity contribution in [1.82, 2.24) is 9.80 Å². The zero-order chi connectivity index (χ0) is 24.6. The van der Waals surface area contributed by atoms with Crippen molar-refractivity contribution in [2.24, 2.45) is 0 Å². The van der Waals surface area contributed by atoms with Crippen molar-refractivity contribution in [2.45, 2.75) is 18.8 Å². The van der Waals surface area contributed by atoms with E-state index in [9.17, 15) is 5.11 Å². The van der Waals surface area contributed by atoms with Crippen LogP contribution in [0.3, 0.4) is 0 Å². The molecule has 36 heavy (non-hydrogen) atoms. The molecule has 5 rings (SSSR count). The third-order valence-corrected chi connectivity index (χ3v) is 6.95. The van der Waals surface area contributed by atoms with E-state index in [1.165, 1.54) is 11.1 Å². The van der Waals surface area contributed by atoms with Gasteiger partial charge in [0.05, 0.1) is 12.1 Å². The van der Waals surface area contributed by atoms with E-state index in [1.807, 2.05) is 42.5 Å². The zero-order valence-corrected chi connectivity index (χ0v) is 20.6. The molecule has 1 fully saturated rings. The summed E-state index contributed by atoms with van der Waals surface area (Å²) in [4.78, 5) is 4.93. The molecule has 1 aliphatic rings. The summed E-state index contributed by atoms with van der Waals surface area (Å²) in [7, 11) is 0. The number of β-amino-alcohol motifs (C(OH)–C–C–N with tert-alkyl or cyclic N) is 1. The van der Waals surface area contributed by atoms with Gasteiger partial charge < -0.3 is 9.84 Å². The van der Waals surface area contributed by atoms with E-state index < -0.39 is 6.10 Å². The minimum atomic E-state index is -0.515. The Morgan fingerprint density at radius 2 is 1.14 bits per heavy atom. The Morgan fingerprint density at radius 3 is 1.69 bits per heavy atom. The van der Waals surface area contributed by atoms with Crippen molar-refractivity contribution < 1.29 is 9.84 Å². The second-order valence-corrected chi connectivity index (χ2v) is 9.42. The number of piperazine rings is 1. The lowest BCUT2D eigenvalue weighted by Crippen LogP contribution is -2.48. The van der Waals surface area contributed by atoms with Gasteiger partial charge in [-0.25, -0.2) is 0 Å². The number of ether oxygens (including phenoxy) is 1. The lowest BCUT2D eigenvalue weighted by Gasteiger charge is -2.40. The van der Waals surface area contributed by atoms with Gasteiger partial charge in [-0.2, -0.15) is 0 Å². The van der Waals surface area contributed by atoms with Gasteiger partial charge in [-0.3, -0.25) is 9.80 Å². The molecular weight excluding hydrogens is 444 g/mol. The Balaban J connectivity index is 1.15. The molecule has 0 radical (unpaired) electrons. The molecule has 1 atom stereocenters. The fourth-order valence-corrected chi connectivity index (χ4v) is 4.97. The fourth-order valence-electron chi connectivity index (χ4n) is 4.97. The van der Waals surface area contributed by atoms with Crippen LogP contribution in [0, 0.1) is 0 Å². The highest BCUT2D eigenvalue weighted by atomic mass is 16.5. The summed E-state index contributed by atoms with van der Waals surface area (Å²) in [5.74, 6) is 0.816. The minimum absolute atomic E-state index is 0.253. The highest BCUT2D eigenvalue weighted by Gasteiger charge is 2.27. The normalized spacial score (nSPS) is 15.6. The molecule has 1 saturated heterocycles. The number of hydrogen-bond donors (Lipinski definition) is 1. The molecule has 0 saturated carbocycles. The van der Waals surface area contributed by atoms with Gasteiger partial charge in [0.2, 0.25) is 0 Å². The maximum Gasteiger partial charge on any atom is 0.119 e. The summed E-state index contributed by atoms with van der Waals surface area (Å²) in [5.41, 5.74) is 4.72. The molecule has 4 aromatic rings. The highest BCUT2D eigenvalue weighted by molar-refractivity contribution is 5.32. The van der Waals surface area contributed by atoms with Crippen molar-refractivity contribution in [1.29, 1.82) is 0 Å². The maximum atomic E-state index is 10.9. The lowest BCUT2D eigenvalue weighted by molar-refractivity contribution is 0.0623. The van der Waals surface area contributed by atoms with E-state index >= 15 is 0 Å². The predicted molar refractivity (Wildman–Crippen MR) is 145 cm³/mol. The van der Waals surface area contributed by atoms with Crippen LogP contribution in [-0.2, 0) is 6.61 Å². The van der Waals surface area contributed by atoms with Gasteiger partial charge in [0.25, 0.3) is 0 Å². The van der Waals surface area contributed by atoms with Crippen LogP contribution in [0.25, 0.3) is 0 Å². The summed E-state index contributed by atoms with van der Waals surface area (Å²) in [6, 6.07) is 39.8. The van der Waals surface area contributed by atoms with Crippen molar-refractivity contribution in [3.05, 3.63) is 138 Å². The van der Waals surface area contributed by atoms with Gasteiger partial charge >= 0.3 is 0 Å². The second kappa shape index (κ2) is 12.0. The molecule has 4 heteroatoms. The fraction of sp³-hybridized carbons (Fsp3) is 0.250. The monoisotopic (exact) mass is 478 g/mol. The van der Waals surface area contributed by atoms with E-state index in [1.54, 1.807) is 0 Å². The Hall–Kier alpha value is -3.44. The second-order valence-electron chi connectivity index (χ2n) is 9.42. The largest absolute Gasteiger partial charge is 0.489 e. The molecule has 1 N–H and O–H groups in total. The Kier molecular flexibility index (Phi) is 8.09. The SMILES string of the molecule is OC(CN1CCN(C(c2ccccc2)c2ccccc2)CC1)c1ccc(OCc2ccccc2)cc1. The molecule has 4 aromatic carbocycles. The van der Waals surface area contributed by atoms with E-state index in [-0.39, 0.29) is 6.04 Å². The molecule has 0 bridgehead atoms.